The minimum Gasteiger partial charge on any atom is -0.394 e. The van der Waals surface area contributed by atoms with Crippen LogP contribution in [0.25, 0.3) is 0 Å². The highest BCUT2D eigenvalue weighted by atomic mass is 32.2. The van der Waals surface area contributed by atoms with Gasteiger partial charge in [-0.25, -0.2) is 0 Å². The second kappa shape index (κ2) is 3.60. The van der Waals surface area contributed by atoms with Crippen molar-refractivity contribution in [3.05, 3.63) is 0 Å². The van der Waals surface area contributed by atoms with Crippen LogP contribution in [-0.2, 0) is 4.74 Å². The fraction of sp³-hybridized carbons (Fsp3) is 1.00. The molecule has 1 aliphatic rings. The first-order chi connectivity index (χ1) is 4.74. The molecule has 1 aliphatic heterocycles. The Labute approximate surface area is 66.0 Å². The fourth-order valence-corrected chi connectivity index (χ4v) is 1.98. The van der Waals surface area contributed by atoms with E-state index in [1.807, 2.05) is 11.8 Å². The van der Waals surface area contributed by atoms with Gasteiger partial charge < -0.3 is 9.84 Å². The first-order valence-corrected chi connectivity index (χ1v) is 4.67. The quantitative estimate of drug-likeness (QED) is 0.621. The lowest BCUT2D eigenvalue weighted by atomic mass is 10.3. The van der Waals surface area contributed by atoms with Crippen molar-refractivity contribution in [3.8, 4) is 0 Å². The zero-order valence-electron chi connectivity index (χ0n) is 6.41. The topological polar surface area (TPSA) is 29.5 Å². The number of aliphatic hydroxyl groups excluding tert-OH is 1. The molecule has 1 N–H and O–H groups in total. The summed E-state index contributed by atoms with van der Waals surface area (Å²) in [6.07, 6.45) is 0.354. The lowest BCUT2D eigenvalue weighted by Gasteiger charge is -2.31. The van der Waals surface area contributed by atoms with Crippen molar-refractivity contribution in [3.63, 3.8) is 0 Å². The molecule has 0 aromatic heterocycles. The average molecular weight is 162 g/mol. The number of thioether (sulfide) groups is 1. The number of ether oxygens (including phenoxy) is 1. The second-order valence-corrected chi connectivity index (χ2v) is 4.09. The van der Waals surface area contributed by atoms with Gasteiger partial charge in [0, 0.05) is 11.0 Å². The zero-order valence-corrected chi connectivity index (χ0v) is 7.23. The third kappa shape index (κ3) is 1.87. The number of hydrogen-bond acceptors (Lipinski definition) is 3. The standard InChI is InChI=1S/C7H14O2S/c1-5-6(2)10-4-7(3-8)9-5/h5-8H,3-4H2,1-2H3. The van der Waals surface area contributed by atoms with E-state index in [4.69, 9.17) is 9.84 Å². The van der Waals surface area contributed by atoms with Crippen LogP contribution < -0.4 is 0 Å². The van der Waals surface area contributed by atoms with E-state index in [-0.39, 0.29) is 18.8 Å². The van der Waals surface area contributed by atoms with Gasteiger partial charge in [0.25, 0.3) is 0 Å². The summed E-state index contributed by atoms with van der Waals surface area (Å²) in [5.41, 5.74) is 0. The second-order valence-electron chi connectivity index (χ2n) is 2.68. The smallest absolute Gasteiger partial charge is 0.0900 e. The first kappa shape index (κ1) is 8.37. The lowest BCUT2D eigenvalue weighted by Crippen LogP contribution is -2.36. The zero-order chi connectivity index (χ0) is 7.56. The van der Waals surface area contributed by atoms with Crippen molar-refractivity contribution in [1.29, 1.82) is 0 Å². The summed E-state index contributed by atoms with van der Waals surface area (Å²) in [4.78, 5) is 0. The van der Waals surface area contributed by atoms with Gasteiger partial charge in [0.15, 0.2) is 0 Å². The Hall–Kier alpha value is 0.270. The predicted octanol–water partition coefficient (Wildman–Crippen LogP) is 0.888. The molecule has 0 aromatic rings. The molecule has 0 aliphatic carbocycles. The fourth-order valence-electron chi connectivity index (χ4n) is 0.944. The van der Waals surface area contributed by atoms with E-state index in [1.54, 1.807) is 0 Å². The summed E-state index contributed by atoms with van der Waals surface area (Å²) >= 11 is 1.87. The molecule has 1 saturated heterocycles. The lowest BCUT2D eigenvalue weighted by molar-refractivity contribution is -0.0230. The third-order valence-corrected chi connectivity index (χ3v) is 3.29. The average Bonchev–Trinajstić information content (AvgIpc) is 1.95. The van der Waals surface area contributed by atoms with Gasteiger partial charge in [0.1, 0.15) is 0 Å². The molecule has 3 atom stereocenters. The molecule has 0 aromatic carbocycles. The maximum Gasteiger partial charge on any atom is 0.0900 e. The van der Waals surface area contributed by atoms with Crippen molar-refractivity contribution >= 4 is 11.8 Å². The molecular formula is C7H14O2S. The first-order valence-electron chi connectivity index (χ1n) is 3.62. The van der Waals surface area contributed by atoms with E-state index < -0.39 is 0 Å². The third-order valence-electron chi connectivity index (χ3n) is 1.82. The molecule has 0 spiro atoms. The highest BCUT2D eigenvalue weighted by molar-refractivity contribution is 8.00. The minimum absolute atomic E-state index is 0.0659. The van der Waals surface area contributed by atoms with Crippen LogP contribution in [0.5, 0.6) is 0 Å². The van der Waals surface area contributed by atoms with E-state index >= 15 is 0 Å². The summed E-state index contributed by atoms with van der Waals surface area (Å²) in [5, 5.41) is 9.33. The molecule has 3 heteroatoms. The van der Waals surface area contributed by atoms with Gasteiger partial charge in [0.2, 0.25) is 0 Å². The maximum absolute atomic E-state index is 8.76. The molecule has 1 fully saturated rings. The van der Waals surface area contributed by atoms with E-state index in [2.05, 4.69) is 13.8 Å². The van der Waals surface area contributed by atoms with Gasteiger partial charge in [-0.15, -0.1) is 0 Å². The van der Waals surface area contributed by atoms with Crippen LogP contribution in [0.15, 0.2) is 0 Å². The SMILES string of the molecule is CC1OC(CO)CSC1C. The van der Waals surface area contributed by atoms with E-state index in [9.17, 15) is 0 Å². The van der Waals surface area contributed by atoms with Gasteiger partial charge in [-0.2, -0.15) is 11.8 Å². The van der Waals surface area contributed by atoms with Crippen molar-refractivity contribution in [2.45, 2.75) is 31.3 Å². The van der Waals surface area contributed by atoms with Crippen LogP contribution in [0.3, 0.4) is 0 Å². The molecule has 0 amide bonds. The van der Waals surface area contributed by atoms with E-state index in [0.717, 1.165) is 5.75 Å². The molecule has 3 unspecified atom stereocenters. The Morgan fingerprint density at radius 3 is 2.80 bits per heavy atom. The Kier molecular flexibility index (Phi) is 3.01. The minimum atomic E-state index is 0.0659. The molecule has 0 bridgehead atoms. The van der Waals surface area contributed by atoms with Crippen LogP contribution in [0, 0.1) is 0 Å². The van der Waals surface area contributed by atoms with Gasteiger partial charge in [0.05, 0.1) is 18.8 Å². The Bertz CT molecular complexity index is 108. The molecule has 0 radical (unpaired) electrons. The molecule has 2 nitrogen and oxygen atoms in total. The summed E-state index contributed by atoms with van der Waals surface area (Å²) in [6.45, 7) is 4.37. The van der Waals surface area contributed by atoms with Crippen LogP contribution >= 0.6 is 11.8 Å². The summed E-state index contributed by atoms with van der Waals surface area (Å²) in [7, 11) is 0. The van der Waals surface area contributed by atoms with Gasteiger partial charge >= 0.3 is 0 Å². The molecule has 1 heterocycles. The molecule has 10 heavy (non-hydrogen) atoms. The van der Waals surface area contributed by atoms with Crippen LogP contribution in [0.2, 0.25) is 0 Å². The van der Waals surface area contributed by atoms with Crippen molar-refractivity contribution in [2.24, 2.45) is 0 Å². The van der Waals surface area contributed by atoms with Crippen LogP contribution in [0.1, 0.15) is 13.8 Å². The molecule has 1 rings (SSSR count). The highest BCUT2D eigenvalue weighted by Crippen LogP contribution is 2.24. The summed E-state index contributed by atoms with van der Waals surface area (Å²) in [6, 6.07) is 0. The molecule has 60 valence electrons. The van der Waals surface area contributed by atoms with Crippen LogP contribution in [0.4, 0.5) is 0 Å². The Balaban J connectivity index is 2.33. The Morgan fingerprint density at radius 1 is 1.60 bits per heavy atom. The van der Waals surface area contributed by atoms with E-state index in [0.29, 0.717) is 5.25 Å². The van der Waals surface area contributed by atoms with Crippen molar-refractivity contribution < 1.29 is 9.84 Å². The highest BCUT2D eigenvalue weighted by Gasteiger charge is 2.24. The number of rotatable bonds is 1. The van der Waals surface area contributed by atoms with E-state index in [1.165, 1.54) is 0 Å². The number of aliphatic hydroxyl groups is 1. The van der Waals surface area contributed by atoms with Crippen LogP contribution in [-0.4, -0.2) is 34.9 Å². The Morgan fingerprint density at radius 2 is 2.30 bits per heavy atom. The molecular weight excluding hydrogens is 148 g/mol. The normalized spacial score (nSPS) is 41.7. The van der Waals surface area contributed by atoms with Gasteiger partial charge in [-0.1, -0.05) is 6.92 Å². The summed E-state index contributed by atoms with van der Waals surface area (Å²) < 4.78 is 5.48. The largest absolute Gasteiger partial charge is 0.394 e. The predicted molar refractivity (Wildman–Crippen MR) is 43.3 cm³/mol. The maximum atomic E-state index is 8.76. The summed E-state index contributed by atoms with van der Waals surface area (Å²) in [5.74, 6) is 0.933. The van der Waals surface area contributed by atoms with Gasteiger partial charge in [-0.3, -0.25) is 0 Å². The molecule has 0 saturated carbocycles. The van der Waals surface area contributed by atoms with Gasteiger partial charge in [-0.05, 0) is 6.92 Å². The number of hydrogen-bond donors (Lipinski definition) is 1. The monoisotopic (exact) mass is 162 g/mol. The van der Waals surface area contributed by atoms with Crippen molar-refractivity contribution in [2.75, 3.05) is 12.4 Å². The van der Waals surface area contributed by atoms with Crippen molar-refractivity contribution in [1.82, 2.24) is 0 Å².